The Balaban J connectivity index is 1.72. The van der Waals surface area contributed by atoms with Crippen LogP contribution in [0.15, 0.2) is 22.7 Å². The molecular weight excluding hydrogens is 428 g/mol. The number of benzene rings is 1. The zero-order valence-corrected chi connectivity index (χ0v) is 17.9. The van der Waals surface area contributed by atoms with Crippen LogP contribution in [-0.4, -0.2) is 25.0 Å². The van der Waals surface area contributed by atoms with Gasteiger partial charge in [0, 0.05) is 15.0 Å². The van der Waals surface area contributed by atoms with E-state index in [1.807, 2.05) is 25.1 Å². The van der Waals surface area contributed by atoms with E-state index in [-0.39, 0.29) is 18.4 Å². The minimum Gasteiger partial charge on any atom is -0.462 e. The van der Waals surface area contributed by atoms with E-state index in [2.05, 4.69) is 26.6 Å². The van der Waals surface area contributed by atoms with Gasteiger partial charge in [-0.3, -0.25) is 4.79 Å². The molecule has 1 aliphatic rings. The lowest BCUT2D eigenvalue weighted by Gasteiger charge is -2.12. The van der Waals surface area contributed by atoms with Gasteiger partial charge in [-0.05, 0) is 62.8 Å². The molecule has 1 heterocycles. The number of nitrogens with one attached hydrogen (secondary N) is 2. The molecule has 7 heteroatoms. The number of carbonyl (C=O) groups is 2. The van der Waals surface area contributed by atoms with Gasteiger partial charge in [0.05, 0.1) is 18.7 Å². The summed E-state index contributed by atoms with van der Waals surface area (Å²) < 4.78 is 6.21. The molecule has 27 heavy (non-hydrogen) atoms. The predicted molar refractivity (Wildman–Crippen MR) is 113 cm³/mol. The summed E-state index contributed by atoms with van der Waals surface area (Å²) >= 11 is 4.99. The highest BCUT2D eigenvalue weighted by Gasteiger charge is 2.27. The van der Waals surface area contributed by atoms with Gasteiger partial charge in [-0.25, -0.2) is 4.79 Å². The maximum absolute atomic E-state index is 12.5. The smallest absolute Gasteiger partial charge is 0.341 e. The number of esters is 1. The number of ether oxygens (including phenoxy) is 1. The van der Waals surface area contributed by atoms with Crippen molar-refractivity contribution in [3.8, 4) is 0 Å². The molecule has 5 nitrogen and oxygen atoms in total. The normalized spacial score (nSPS) is 13.0. The highest BCUT2D eigenvalue weighted by molar-refractivity contribution is 9.10. The number of thiophene rings is 1. The average molecular weight is 451 g/mol. The summed E-state index contributed by atoms with van der Waals surface area (Å²) in [6, 6.07) is 5.86. The summed E-state index contributed by atoms with van der Waals surface area (Å²) in [7, 11) is 0. The summed E-state index contributed by atoms with van der Waals surface area (Å²) in [6.07, 6.45) is 4.00. The lowest BCUT2D eigenvalue weighted by molar-refractivity contribution is -0.114. The van der Waals surface area contributed by atoms with Crippen molar-refractivity contribution in [1.82, 2.24) is 0 Å². The number of aryl methyl sites for hydroxylation is 2. The lowest BCUT2D eigenvalue weighted by Crippen LogP contribution is -2.22. The van der Waals surface area contributed by atoms with Gasteiger partial charge < -0.3 is 15.4 Å². The van der Waals surface area contributed by atoms with Crippen LogP contribution in [0.25, 0.3) is 0 Å². The number of rotatable bonds is 6. The molecule has 0 bridgehead atoms. The van der Waals surface area contributed by atoms with Crippen molar-refractivity contribution in [1.29, 1.82) is 0 Å². The molecule has 0 radical (unpaired) electrons. The fraction of sp³-hybridized carbons (Fsp3) is 0.400. The number of carbonyl (C=O) groups excluding carboxylic acids is 2. The zero-order chi connectivity index (χ0) is 19.4. The summed E-state index contributed by atoms with van der Waals surface area (Å²) in [6.45, 7) is 4.25. The van der Waals surface area contributed by atoms with Crippen molar-refractivity contribution >= 4 is 49.8 Å². The third-order valence-electron chi connectivity index (χ3n) is 4.53. The second kappa shape index (κ2) is 8.89. The maximum atomic E-state index is 12.5. The number of hydrogen-bond donors (Lipinski definition) is 2. The van der Waals surface area contributed by atoms with Crippen LogP contribution in [0.1, 0.15) is 46.1 Å². The first-order chi connectivity index (χ1) is 13.0. The largest absolute Gasteiger partial charge is 0.462 e. The fourth-order valence-corrected chi connectivity index (χ4v) is 4.80. The molecule has 2 aromatic rings. The van der Waals surface area contributed by atoms with Crippen LogP contribution < -0.4 is 10.6 Å². The van der Waals surface area contributed by atoms with Crippen LogP contribution in [0.4, 0.5) is 10.7 Å². The molecule has 0 saturated carbocycles. The molecule has 0 saturated heterocycles. The van der Waals surface area contributed by atoms with E-state index in [1.165, 1.54) is 16.2 Å². The van der Waals surface area contributed by atoms with Gasteiger partial charge in [-0.15, -0.1) is 11.3 Å². The van der Waals surface area contributed by atoms with E-state index in [0.717, 1.165) is 47.0 Å². The SMILES string of the molecule is CCOC(=O)c1c(NC(=O)CNc2ccc(C)c(Br)c2)sc2c1CCCC2. The molecule has 144 valence electrons. The molecule has 3 rings (SSSR count). The molecule has 0 fully saturated rings. The second-order valence-electron chi connectivity index (χ2n) is 6.50. The number of anilines is 2. The first-order valence-electron chi connectivity index (χ1n) is 9.11. The van der Waals surface area contributed by atoms with Crippen molar-refractivity contribution < 1.29 is 14.3 Å². The maximum Gasteiger partial charge on any atom is 0.341 e. The predicted octanol–water partition coefficient (Wildman–Crippen LogP) is 4.93. The van der Waals surface area contributed by atoms with Gasteiger partial charge in [-0.1, -0.05) is 22.0 Å². The zero-order valence-electron chi connectivity index (χ0n) is 15.5. The van der Waals surface area contributed by atoms with Gasteiger partial charge >= 0.3 is 5.97 Å². The molecule has 1 aromatic heterocycles. The van der Waals surface area contributed by atoms with Crippen molar-refractivity contribution in [2.75, 3.05) is 23.8 Å². The van der Waals surface area contributed by atoms with Crippen LogP contribution in [0.5, 0.6) is 0 Å². The molecule has 0 spiro atoms. The summed E-state index contributed by atoms with van der Waals surface area (Å²) in [5.74, 6) is -0.529. The van der Waals surface area contributed by atoms with E-state index in [9.17, 15) is 9.59 Å². The van der Waals surface area contributed by atoms with Crippen molar-refractivity contribution in [2.45, 2.75) is 39.5 Å². The minimum absolute atomic E-state index is 0.125. The highest BCUT2D eigenvalue weighted by Crippen LogP contribution is 2.38. The standard InChI is InChI=1S/C20H23BrN2O3S/c1-3-26-20(25)18-14-6-4-5-7-16(14)27-19(18)23-17(24)11-22-13-9-8-12(2)15(21)10-13/h8-10,22H,3-7,11H2,1-2H3,(H,23,24). The van der Waals surface area contributed by atoms with Gasteiger partial charge in [0.25, 0.3) is 0 Å². The van der Waals surface area contributed by atoms with E-state index >= 15 is 0 Å². The molecule has 1 aromatic carbocycles. The Morgan fingerprint density at radius 2 is 2.04 bits per heavy atom. The highest BCUT2D eigenvalue weighted by atomic mass is 79.9. The number of amides is 1. The Morgan fingerprint density at radius 1 is 1.26 bits per heavy atom. The summed E-state index contributed by atoms with van der Waals surface area (Å²) in [5.41, 5.74) is 3.59. The first-order valence-corrected chi connectivity index (χ1v) is 10.7. The molecule has 0 aliphatic heterocycles. The van der Waals surface area contributed by atoms with Gasteiger partial charge in [0.2, 0.25) is 5.91 Å². The first kappa shape index (κ1) is 19.9. The van der Waals surface area contributed by atoms with Crippen molar-refractivity contribution in [3.63, 3.8) is 0 Å². The molecule has 0 atom stereocenters. The lowest BCUT2D eigenvalue weighted by atomic mass is 9.95. The number of hydrogen-bond acceptors (Lipinski definition) is 5. The Hall–Kier alpha value is -1.86. The molecular formula is C20H23BrN2O3S. The molecule has 1 aliphatic carbocycles. The van der Waals surface area contributed by atoms with Crippen LogP contribution >= 0.6 is 27.3 Å². The van der Waals surface area contributed by atoms with Crippen LogP contribution in [0.2, 0.25) is 0 Å². The Morgan fingerprint density at radius 3 is 2.78 bits per heavy atom. The van der Waals surface area contributed by atoms with Gasteiger partial charge in [0.1, 0.15) is 5.00 Å². The summed E-state index contributed by atoms with van der Waals surface area (Å²) in [5, 5.41) is 6.63. The Bertz CT molecular complexity index is 863. The topological polar surface area (TPSA) is 67.4 Å². The Kier molecular flexibility index (Phi) is 6.55. The second-order valence-corrected chi connectivity index (χ2v) is 8.46. The van der Waals surface area contributed by atoms with Crippen LogP contribution in [0.3, 0.4) is 0 Å². The Labute approximate surface area is 171 Å². The molecule has 2 N–H and O–H groups in total. The monoisotopic (exact) mass is 450 g/mol. The fourth-order valence-electron chi connectivity index (χ4n) is 3.13. The minimum atomic E-state index is -0.345. The van der Waals surface area contributed by atoms with E-state index < -0.39 is 0 Å². The van der Waals surface area contributed by atoms with E-state index in [4.69, 9.17) is 4.74 Å². The van der Waals surface area contributed by atoms with Crippen LogP contribution in [0, 0.1) is 6.92 Å². The number of fused-ring (bicyclic) bond motifs is 1. The van der Waals surface area contributed by atoms with E-state index in [0.29, 0.717) is 17.2 Å². The third kappa shape index (κ3) is 4.71. The summed E-state index contributed by atoms with van der Waals surface area (Å²) in [4.78, 5) is 26.1. The van der Waals surface area contributed by atoms with E-state index in [1.54, 1.807) is 6.92 Å². The van der Waals surface area contributed by atoms with Gasteiger partial charge in [-0.2, -0.15) is 0 Å². The molecule has 0 unspecified atom stereocenters. The van der Waals surface area contributed by atoms with Crippen molar-refractivity contribution in [3.05, 3.63) is 44.2 Å². The quantitative estimate of drug-likeness (QED) is 0.612. The van der Waals surface area contributed by atoms with Gasteiger partial charge in [0.15, 0.2) is 0 Å². The average Bonchev–Trinajstić information content (AvgIpc) is 3.00. The third-order valence-corrected chi connectivity index (χ3v) is 6.59. The van der Waals surface area contributed by atoms with Crippen molar-refractivity contribution in [2.24, 2.45) is 0 Å². The number of halogens is 1. The molecule has 1 amide bonds. The van der Waals surface area contributed by atoms with Crippen LogP contribution in [-0.2, 0) is 22.4 Å².